The van der Waals surface area contributed by atoms with Crippen LogP contribution in [0.5, 0.6) is 0 Å². The molecule has 2 aromatic carbocycles. The third-order valence-corrected chi connectivity index (χ3v) is 8.71. The number of piperazine rings is 1. The summed E-state index contributed by atoms with van der Waals surface area (Å²) in [7, 11) is -3.75. The minimum Gasteiger partial charge on any atom is -0.450 e. The summed E-state index contributed by atoms with van der Waals surface area (Å²) in [4.78, 5) is 31.3. The van der Waals surface area contributed by atoms with Gasteiger partial charge in [-0.05, 0) is 49.7 Å². The molecule has 1 saturated heterocycles. The Morgan fingerprint density at radius 3 is 2.34 bits per heavy atom. The molecule has 2 heterocycles. The maximum atomic E-state index is 13.1. The molecule has 3 aromatic rings. The standard InChI is InChI=1S/C24H28N4O5S2/c1-3-13-28-20-7-5-6-8-21(20)34-23(28)25-22(29)18-9-11-19(12-10-18)35(31,32)27-16-14-26(15-17-27)24(30)33-4-2/h5-12H,3-4,13-17H2,1-2H3. The smallest absolute Gasteiger partial charge is 0.409 e. The molecule has 0 unspecified atom stereocenters. The normalized spacial score (nSPS) is 15.5. The number of benzene rings is 2. The van der Waals surface area contributed by atoms with Crippen LogP contribution < -0.4 is 4.80 Å². The van der Waals surface area contributed by atoms with Gasteiger partial charge in [-0.3, -0.25) is 4.79 Å². The van der Waals surface area contributed by atoms with E-state index in [4.69, 9.17) is 4.74 Å². The molecule has 0 N–H and O–H groups in total. The topological polar surface area (TPSA) is 101 Å². The third kappa shape index (κ3) is 5.31. The predicted molar refractivity (Wildman–Crippen MR) is 134 cm³/mol. The predicted octanol–water partition coefficient (Wildman–Crippen LogP) is 3.32. The molecule has 0 saturated carbocycles. The summed E-state index contributed by atoms with van der Waals surface area (Å²) in [5, 5.41) is 0. The molecule has 0 bridgehead atoms. The number of nitrogens with zero attached hydrogens (tertiary/aromatic N) is 4. The molecule has 186 valence electrons. The number of fused-ring (bicyclic) bond motifs is 1. The van der Waals surface area contributed by atoms with Crippen LogP contribution >= 0.6 is 11.3 Å². The molecule has 11 heteroatoms. The van der Waals surface area contributed by atoms with E-state index in [0.717, 1.165) is 23.2 Å². The van der Waals surface area contributed by atoms with Crippen molar-refractivity contribution in [2.75, 3.05) is 32.8 Å². The number of sulfonamides is 1. The van der Waals surface area contributed by atoms with E-state index in [9.17, 15) is 18.0 Å². The summed E-state index contributed by atoms with van der Waals surface area (Å²) in [5.41, 5.74) is 1.35. The van der Waals surface area contributed by atoms with E-state index in [0.29, 0.717) is 10.4 Å². The average molecular weight is 517 g/mol. The van der Waals surface area contributed by atoms with Gasteiger partial charge in [0.25, 0.3) is 5.91 Å². The Kier molecular flexibility index (Phi) is 7.68. The zero-order chi connectivity index (χ0) is 25.0. The van der Waals surface area contributed by atoms with Crippen LogP contribution in [0.15, 0.2) is 58.4 Å². The van der Waals surface area contributed by atoms with Crippen LogP contribution in [0.25, 0.3) is 10.2 Å². The van der Waals surface area contributed by atoms with Gasteiger partial charge in [0.2, 0.25) is 10.0 Å². The molecular formula is C24H28N4O5S2. The van der Waals surface area contributed by atoms with Gasteiger partial charge in [-0.15, -0.1) is 0 Å². The van der Waals surface area contributed by atoms with E-state index in [-0.39, 0.29) is 37.7 Å². The van der Waals surface area contributed by atoms with Gasteiger partial charge >= 0.3 is 6.09 Å². The zero-order valence-corrected chi connectivity index (χ0v) is 21.3. The first kappa shape index (κ1) is 25.1. The zero-order valence-electron chi connectivity index (χ0n) is 19.7. The average Bonchev–Trinajstić information content (AvgIpc) is 3.21. The van der Waals surface area contributed by atoms with Crippen LogP contribution in [-0.2, 0) is 21.3 Å². The van der Waals surface area contributed by atoms with Crippen molar-refractivity contribution in [2.45, 2.75) is 31.7 Å². The van der Waals surface area contributed by atoms with Gasteiger partial charge in [-0.1, -0.05) is 30.4 Å². The van der Waals surface area contributed by atoms with Crippen LogP contribution in [0.3, 0.4) is 0 Å². The lowest BCUT2D eigenvalue weighted by molar-refractivity contribution is 0.0933. The fraction of sp³-hybridized carbons (Fsp3) is 0.375. The number of para-hydroxylation sites is 1. The second-order valence-electron chi connectivity index (χ2n) is 8.04. The second kappa shape index (κ2) is 10.7. The second-order valence-corrected chi connectivity index (χ2v) is 11.0. The van der Waals surface area contributed by atoms with Gasteiger partial charge in [-0.2, -0.15) is 9.30 Å². The molecule has 0 aliphatic carbocycles. The number of amides is 2. The van der Waals surface area contributed by atoms with Crippen molar-refractivity contribution >= 4 is 43.6 Å². The van der Waals surface area contributed by atoms with Crippen molar-refractivity contribution < 1.29 is 22.7 Å². The van der Waals surface area contributed by atoms with Gasteiger partial charge in [0.05, 0.1) is 21.7 Å². The number of aromatic nitrogens is 1. The Bertz CT molecular complexity index is 1390. The van der Waals surface area contributed by atoms with E-state index in [1.165, 1.54) is 44.8 Å². The molecule has 1 aliphatic heterocycles. The minimum atomic E-state index is -3.75. The molecular weight excluding hydrogens is 488 g/mol. The summed E-state index contributed by atoms with van der Waals surface area (Å²) in [6.45, 7) is 5.71. The van der Waals surface area contributed by atoms with E-state index in [1.807, 2.05) is 28.8 Å². The van der Waals surface area contributed by atoms with Crippen molar-refractivity contribution in [1.29, 1.82) is 0 Å². The molecule has 0 spiro atoms. The summed E-state index contributed by atoms with van der Waals surface area (Å²) >= 11 is 1.45. The number of thiazole rings is 1. The fourth-order valence-corrected chi connectivity index (χ4v) is 6.42. The number of hydrogen-bond donors (Lipinski definition) is 0. The molecule has 1 fully saturated rings. The van der Waals surface area contributed by atoms with Crippen LogP contribution in [0, 0.1) is 0 Å². The highest BCUT2D eigenvalue weighted by Crippen LogP contribution is 2.20. The van der Waals surface area contributed by atoms with Crippen LogP contribution in [0.4, 0.5) is 4.79 Å². The van der Waals surface area contributed by atoms with Crippen molar-refractivity contribution in [3.8, 4) is 0 Å². The molecule has 1 aromatic heterocycles. The summed E-state index contributed by atoms with van der Waals surface area (Å²) in [5.74, 6) is -0.423. The summed E-state index contributed by atoms with van der Waals surface area (Å²) in [6.07, 6.45) is 0.470. The van der Waals surface area contributed by atoms with Gasteiger partial charge in [0, 0.05) is 38.3 Å². The molecule has 2 amide bonds. The van der Waals surface area contributed by atoms with Gasteiger partial charge in [-0.25, -0.2) is 13.2 Å². The number of carbonyl (C=O) groups is 2. The first-order valence-corrected chi connectivity index (χ1v) is 13.8. The molecule has 1 aliphatic rings. The Morgan fingerprint density at radius 2 is 1.69 bits per heavy atom. The number of ether oxygens (including phenoxy) is 1. The van der Waals surface area contributed by atoms with E-state index >= 15 is 0 Å². The Balaban J connectivity index is 1.51. The van der Waals surface area contributed by atoms with Crippen molar-refractivity contribution in [3.63, 3.8) is 0 Å². The maximum Gasteiger partial charge on any atom is 0.409 e. The number of hydrogen-bond acceptors (Lipinski definition) is 6. The van der Waals surface area contributed by atoms with E-state index in [1.54, 1.807) is 6.92 Å². The molecule has 0 radical (unpaired) electrons. The van der Waals surface area contributed by atoms with Crippen LogP contribution in [-0.4, -0.2) is 67.0 Å². The van der Waals surface area contributed by atoms with Crippen LogP contribution in [0.1, 0.15) is 30.6 Å². The lowest BCUT2D eigenvalue weighted by atomic mass is 10.2. The number of aryl methyl sites for hydroxylation is 1. The first-order valence-electron chi connectivity index (χ1n) is 11.5. The van der Waals surface area contributed by atoms with E-state index < -0.39 is 22.0 Å². The quantitative estimate of drug-likeness (QED) is 0.500. The van der Waals surface area contributed by atoms with Gasteiger partial charge in [0.1, 0.15) is 0 Å². The Hall–Kier alpha value is -3.02. The van der Waals surface area contributed by atoms with Crippen molar-refractivity contribution in [2.24, 2.45) is 4.99 Å². The highest BCUT2D eigenvalue weighted by atomic mass is 32.2. The molecule has 0 atom stereocenters. The molecule has 9 nitrogen and oxygen atoms in total. The third-order valence-electron chi connectivity index (χ3n) is 5.74. The Morgan fingerprint density at radius 1 is 1.00 bits per heavy atom. The largest absolute Gasteiger partial charge is 0.450 e. The highest BCUT2D eigenvalue weighted by molar-refractivity contribution is 7.89. The minimum absolute atomic E-state index is 0.0987. The summed E-state index contributed by atoms with van der Waals surface area (Å²) < 4.78 is 35.5. The monoisotopic (exact) mass is 516 g/mol. The SMILES string of the molecule is CCCn1c(=NC(=O)c2ccc(S(=O)(=O)N3CCN(C(=O)OCC)CC3)cc2)sc2ccccc21. The lowest BCUT2D eigenvalue weighted by Crippen LogP contribution is -2.50. The number of rotatable bonds is 6. The Labute approximate surface area is 208 Å². The highest BCUT2D eigenvalue weighted by Gasteiger charge is 2.30. The van der Waals surface area contributed by atoms with Crippen molar-refractivity contribution in [1.82, 2.24) is 13.8 Å². The summed E-state index contributed by atoms with van der Waals surface area (Å²) in [6, 6.07) is 13.8. The molecule has 4 rings (SSSR count). The van der Waals surface area contributed by atoms with Crippen molar-refractivity contribution in [3.05, 3.63) is 58.9 Å². The maximum absolute atomic E-state index is 13.1. The first-order chi connectivity index (χ1) is 16.8. The van der Waals surface area contributed by atoms with Crippen LogP contribution in [0.2, 0.25) is 0 Å². The fourth-order valence-electron chi connectivity index (χ4n) is 3.94. The van der Waals surface area contributed by atoms with Gasteiger partial charge < -0.3 is 14.2 Å². The van der Waals surface area contributed by atoms with Gasteiger partial charge in [0.15, 0.2) is 4.80 Å². The number of carbonyl (C=O) groups excluding carboxylic acids is 2. The molecule has 35 heavy (non-hydrogen) atoms. The lowest BCUT2D eigenvalue weighted by Gasteiger charge is -2.33. The van der Waals surface area contributed by atoms with E-state index in [2.05, 4.69) is 11.9 Å².